The van der Waals surface area contributed by atoms with Gasteiger partial charge in [-0.05, 0) is 129 Å². The summed E-state index contributed by atoms with van der Waals surface area (Å²) in [5.74, 6) is 5.75. The fraction of sp³-hybridized carbons (Fsp3) is 0.824. The zero-order valence-corrected chi connectivity index (χ0v) is 25.9. The number of fused-ring (bicyclic) bond motifs is 5. The van der Waals surface area contributed by atoms with Gasteiger partial charge in [0.2, 0.25) is 0 Å². The second-order valence-corrected chi connectivity index (χ2v) is 16.5. The van der Waals surface area contributed by atoms with Gasteiger partial charge >= 0.3 is 0 Å². The van der Waals surface area contributed by atoms with Crippen LogP contribution in [-0.2, 0) is 14.3 Å². The van der Waals surface area contributed by atoms with Gasteiger partial charge in [0.25, 0.3) is 10.1 Å². The summed E-state index contributed by atoms with van der Waals surface area (Å²) in [5.41, 5.74) is 1.94. The third-order valence-electron chi connectivity index (χ3n) is 12.4. The number of hydrogen-bond donors (Lipinski definition) is 0. The molecule has 5 rings (SSSR count). The van der Waals surface area contributed by atoms with Gasteiger partial charge in [-0.2, -0.15) is 8.42 Å². The lowest BCUT2D eigenvalue weighted by Gasteiger charge is -2.61. The Balaban J connectivity index is 1.24. The summed E-state index contributed by atoms with van der Waals surface area (Å²) in [6, 6.07) is 7.07. The van der Waals surface area contributed by atoms with Crippen molar-refractivity contribution in [3.8, 4) is 0 Å². The van der Waals surface area contributed by atoms with Crippen LogP contribution in [0.25, 0.3) is 0 Å². The van der Waals surface area contributed by atoms with Gasteiger partial charge < -0.3 is 0 Å². The standard InChI is InChI=1S/C34H54O3S/c1-23(2)8-7-9-25(4)30-16-17-31-29-15-12-26-22-27(37-38(35,36)28-13-10-24(3)11-14-28)18-20-33(26,5)32(29)19-21-34(30,31)6/h10-11,13-14,23,25-27,29-32H,7-9,12,15-22H2,1-6H3/t25-,26+,27-,29+,30-,31-,32-,33+,34+/m1/s1. The summed E-state index contributed by atoms with van der Waals surface area (Å²) in [6.45, 7) is 14.5. The highest BCUT2D eigenvalue weighted by Crippen LogP contribution is 2.68. The monoisotopic (exact) mass is 542 g/mol. The SMILES string of the molecule is Cc1ccc(S(=O)(=O)O[C@@H]2CC[C@@]3(C)[C@@H](CC[C@H]4[C@H]5CC[C@H]([C@H](C)CCCC(C)C)[C@]5(C)CC[C@H]43)C2)cc1. The third kappa shape index (κ3) is 5.27. The number of aryl methyl sites for hydroxylation is 1. The van der Waals surface area contributed by atoms with E-state index in [1.165, 1.54) is 57.8 Å². The maximum absolute atomic E-state index is 13.0. The Bertz CT molecular complexity index is 1060. The van der Waals surface area contributed by atoms with Crippen LogP contribution in [0.15, 0.2) is 29.2 Å². The average Bonchev–Trinajstić information content (AvgIpc) is 3.21. The van der Waals surface area contributed by atoms with Crippen molar-refractivity contribution >= 4 is 10.1 Å². The molecule has 1 aromatic carbocycles. The fourth-order valence-electron chi connectivity index (χ4n) is 10.3. The van der Waals surface area contributed by atoms with E-state index >= 15 is 0 Å². The molecule has 0 bridgehead atoms. The van der Waals surface area contributed by atoms with Crippen LogP contribution in [0.3, 0.4) is 0 Å². The van der Waals surface area contributed by atoms with Gasteiger partial charge in [0, 0.05) is 0 Å². The minimum atomic E-state index is -3.70. The molecule has 3 nitrogen and oxygen atoms in total. The van der Waals surface area contributed by atoms with E-state index in [1.807, 2.05) is 19.1 Å². The first-order valence-electron chi connectivity index (χ1n) is 15.9. The van der Waals surface area contributed by atoms with Gasteiger partial charge in [-0.1, -0.05) is 71.6 Å². The molecule has 4 saturated carbocycles. The molecule has 38 heavy (non-hydrogen) atoms. The van der Waals surface area contributed by atoms with Crippen LogP contribution in [0.5, 0.6) is 0 Å². The molecule has 0 radical (unpaired) electrons. The van der Waals surface area contributed by atoms with Crippen molar-refractivity contribution in [1.29, 1.82) is 0 Å². The first-order valence-corrected chi connectivity index (χ1v) is 17.3. The Morgan fingerprint density at radius 3 is 2.26 bits per heavy atom. The van der Waals surface area contributed by atoms with E-state index in [-0.39, 0.29) is 6.10 Å². The van der Waals surface area contributed by atoms with E-state index in [2.05, 4.69) is 34.6 Å². The Hall–Kier alpha value is -0.870. The predicted octanol–water partition coefficient (Wildman–Crippen LogP) is 9.19. The molecule has 214 valence electrons. The molecule has 4 fully saturated rings. The smallest absolute Gasteiger partial charge is 0.263 e. The molecule has 0 spiro atoms. The number of benzene rings is 1. The van der Waals surface area contributed by atoms with Gasteiger partial charge in [-0.25, -0.2) is 0 Å². The summed E-state index contributed by atoms with van der Waals surface area (Å²) in [6.07, 6.45) is 15.2. The topological polar surface area (TPSA) is 43.4 Å². The normalized spacial score (nSPS) is 39.9. The van der Waals surface area contributed by atoms with Crippen molar-refractivity contribution < 1.29 is 12.6 Å². The third-order valence-corrected chi connectivity index (χ3v) is 13.8. The van der Waals surface area contributed by atoms with Gasteiger partial charge in [0.1, 0.15) is 0 Å². The number of rotatable bonds is 8. The second kappa shape index (κ2) is 10.8. The van der Waals surface area contributed by atoms with E-state index in [4.69, 9.17) is 4.18 Å². The van der Waals surface area contributed by atoms with Crippen molar-refractivity contribution in [1.82, 2.24) is 0 Å². The van der Waals surface area contributed by atoms with E-state index in [9.17, 15) is 8.42 Å². The van der Waals surface area contributed by atoms with Gasteiger partial charge in [0.15, 0.2) is 0 Å². The van der Waals surface area contributed by atoms with Crippen LogP contribution in [0, 0.1) is 59.2 Å². The maximum Gasteiger partial charge on any atom is 0.297 e. The van der Waals surface area contributed by atoms with E-state index in [0.29, 0.717) is 21.6 Å². The zero-order chi connectivity index (χ0) is 27.3. The molecular weight excluding hydrogens is 488 g/mol. The molecule has 4 aliphatic rings. The van der Waals surface area contributed by atoms with Crippen LogP contribution in [0.2, 0.25) is 0 Å². The van der Waals surface area contributed by atoms with Crippen molar-refractivity contribution in [2.75, 3.05) is 0 Å². The van der Waals surface area contributed by atoms with Crippen molar-refractivity contribution in [2.45, 2.75) is 130 Å². The van der Waals surface area contributed by atoms with Crippen molar-refractivity contribution in [3.63, 3.8) is 0 Å². The maximum atomic E-state index is 13.0. The lowest BCUT2D eigenvalue weighted by Crippen LogP contribution is -2.54. The molecule has 0 unspecified atom stereocenters. The lowest BCUT2D eigenvalue weighted by atomic mass is 9.44. The Kier molecular flexibility index (Phi) is 8.17. The predicted molar refractivity (Wildman–Crippen MR) is 156 cm³/mol. The van der Waals surface area contributed by atoms with Gasteiger partial charge in [0.05, 0.1) is 11.0 Å². The molecule has 0 aromatic heterocycles. The van der Waals surface area contributed by atoms with Crippen LogP contribution < -0.4 is 0 Å². The minimum Gasteiger partial charge on any atom is -0.263 e. The molecule has 0 saturated heterocycles. The molecule has 0 N–H and O–H groups in total. The fourth-order valence-corrected chi connectivity index (χ4v) is 11.4. The molecular formula is C34H54O3S. The summed E-state index contributed by atoms with van der Waals surface area (Å²) in [5, 5.41) is 0. The molecule has 4 heteroatoms. The first kappa shape index (κ1) is 28.7. The largest absolute Gasteiger partial charge is 0.297 e. The van der Waals surface area contributed by atoms with E-state index < -0.39 is 10.1 Å². The summed E-state index contributed by atoms with van der Waals surface area (Å²) in [4.78, 5) is 0.293. The molecule has 0 aliphatic heterocycles. The van der Waals surface area contributed by atoms with E-state index in [0.717, 1.165) is 60.3 Å². The van der Waals surface area contributed by atoms with Crippen LogP contribution in [-0.4, -0.2) is 14.5 Å². The first-order chi connectivity index (χ1) is 17.9. The second-order valence-electron chi connectivity index (χ2n) is 14.9. The van der Waals surface area contributed by atoms with Gasteiger partial charge in [-0.15, -0.1) is 0 Å². The Labute approximate surface area is 234 Å². The molecule has 9 atom stereocenters. The highest BCUT2D eigenvalue weighted by Gasteiger charge is 2.60. The summed E-state index contributed by atoms with van der Waals surface area (Å²) < 4.78 is 31.9. The average molecular weight is 543 g/mol. The molecule has 0 heterocycles. The highest BCUT2D eigenvalue weighted by atomic mass is 32.2. The summed E-state index contributed by atoms with van der Waals surface area (Å²) in [7, 11) is -3.70. The van der Waals surface area contributed by atoms with Crippen LogP contribution >= 0.6 is 0 Å². The van der Waals surface area contributed by atoms with Crippen molar-refractivity contribution in [2.24, 2.45) is 52.3 Å². The highest BCUT2D eigenvalue weighted by molar-refractivity contribution is 7.86. The van der Waals surface area contributed by atoms with Gasteiger partial charge in [-0.3, -0.25) is 4.18 Å². The number of hydrogen-bond acceptors (Lipinski definition) is 3. The van der Waals surface area contributed by atoms with Crippen LogP contribution in [0.4, 0.5) is 0 Å². The Morgan fingerprint density at radius 2 is 1.55 bits per heavy atom. The molecule has 4 aliphatic carbocycles. The summed E-state index contributed by atoms with van der Waals surface area (Å²) >= 11 is 0. The van der Waals surface area contributed by atoms with E-state index in [1.54, 1.807) is 12.1 Å². The van der Waals surface area contributed by atoms with Crippen molar-refractivity contribution in [3.05, 3.63) is 29.8 Å². The minimum absolute atomic E-state index is 0.174. The zero-order valence-electron chi connectivity index (χ0n) is 25.0. The quantitative estimate of drug-likeness (QED) is 0.308. The molecule has 0 amide bonds. The molecule has 1 aromatic rings. The lowest BCUT2D eigenvalue weighted by molar-refractivity contribution is -0.126. The van der Waals surface area contributed by atoms with Crippen LogP contribution in [0.1, 0.15) is 117 Å². The Morgan fingerprint density at radius 1 is 0.868 bits per heavy atom.